The summed E-state index contributed by atoms with van der Waals surface area (Å²) in [5, 5.41) is 9.60. The molecule has 0 aromatic rings. The van der Waals surface area contributed by atoms with E-state index in [4.69, 9.17) is 12.2 Å². The molecule has 1 saturated carbocycles. The molecule has 1 fully saturated rings. The van der Waals surface area contributed by atoms with Crippen molar-refractivity contribution in [1.82, 2.24) is 16.0 Å². The van der Waals surface area contributed by atoms with Crippen LogP contribution in [-0.4, -0.2) is 29.6 Å². The molecule has 0 aromatic heterocycles. The first-order valence-electron chi connectivity index (χ1n) is 5.41. The molecule has 1 amide bonds. The average molecular weight is 229 g/mol. The van der Waals surface area contributed by atoms with Gasteiger partial charge in [0, 0.05) is 25.0 Å². The zero-order valence-electron chi connectivity index (χ0n) is 9.30. The fourth-order valence-electron chi connectivity index (χ4n) is 1.13. The van der Waals surface area contributed by atoms with Crippen LogP contribution in [0.25, 0.3) is 0 Å². The van der Waals surface area contributed by atoms with Crippen LogP contribution in [0.5, 0.6) is 0 Å². The van der Waals surface area contributed by atoms with Crippen LogP contribution in [-0.2, 0) is 4.79 Å². The molecule has 4 nitrogen and oxygen atoms in total. The second kappa shape index (κ2) is 5.90. The highest BCUT2D eigenvalue weighted by molar-refractivity contribution is 7.80. The molecule has 0 aliphatic heterocycles. The summed E-state index contributed by atoms with van der Waals surface area (Å²) in [5.74, 6) is 0.109. The number of carbonyl (C=O) groups excluding carboxylic acids is 1. The van der Waals surface area contributed by atoms with Crippen LogP contribution in [0.4, 0.5) is 0 Å². The summed E-state index contributed by atoms with van der Waals surface area (Å²) < 4.78 is 0. The van der Waals surface area contributed by atoms with Crippen molar-refractivity contribution < 1.29 is 4.79 Å². The number of rotatable bonds is 5. The summed E-state index contributed by atoms with van der Waals surface area (Å²) >= 11 is 5.03. The predicted molar refractivity (Wildman–Crippen MR) is 64.7 cm³/mol. The lowest BCUT2D eigenvalue weighted by molar-refractivity contribution is -0.121. The molecule has 1 aliphatic rings. The van der Waals surface area contributed by atoms with Gasteiger partial charge in [0.05, 0.1) is 0 Å². The van der Waals surface area contributed by atoms with E-state index in [1.54, 1.807) is 0 Å². The Bertz CT molecular complexity index is 223. The van der Waals surface area contributed by atoms with Crippen LogP contribution in [0, 0.1) is 0 Å². The largest absolute Gasteiger partial charge is 0.362 e. The van der Waals surface area contributed by atoms with Gasteiger partial charge in [-0.15, -0.1) is 0 Å². The van der Waals surface area contributed by atoms with Crippen LogP contribution in [0.15, 0.2) is 0 Å². The van der Waals surface area contributed by atoms with Gasteiger partial charge < -0.3 is 16.0 Å². The minimum Gasteiger partial charge on any atom is -0.362 e. The molecular weight excluding hydrogens is 210 g/mol. The highest BCUT2D eigenvalue weighted by Gasteiger charge is 2.22. The second-order valence-electron chi connectivity index (χ2n) is 4.15. The van der Waals surface area contributed by atoms with E-state index in [0.717, 1.165) is 12.8 Å². The maximum absolute atomic E-state index is 11.3. The number of hydrogen-bond donors (Lipinski definition) is 3. The van der Waals surface area contributed by atoms with Crippen LogP contribution in [0.3, 0.4) is 0 Å². The molecule has 0 unspecified atom stereocenters. The molecule has 1 rings (SSSR count). The van der Waals surface area contributed by atoms with Crippen molar-refractivity contribution in [2.45, 2.75) is 45.2 Å². The molecule has 0 heterocycles. The first kappa shape index (κ1) is 12.2. The van der Waals surface area contributed by atoms with E-state index in [1.165, 1.54) is 0 Å². The Morgan fingerprint density at radius 1 is 1.47 bits per heavy atom. The molecule has 0 atom stereocenters. The van der Waals surface area contributed by atoms with Crippen molar-refractivity contribution in [2.24, 2.45) is 0 Å². The fourth-order valence-corrected chi connectivity index (χ4v) is 1.47. The van der Waals surface area contributed by atoms with Gasteiger partial charge in [0.15, 0.2) is 5.11 Å². The number of thiocarbonyl (C=S) groups is 1. The minimum absolute atomic E-state index is 0.109. The van der Waals surface area contributed by atoms with Gasteiger partial charge in [-0.3, -0.25) is 4.79 Å². The Hall–Kier alpha value is -0.840. The Kier molecular flexibility index (Phi) is 4.81. The number of hydrogen-bond acceptors (Lipinski definition) is 2. The molecule has 15 heavy (non-hydrogen) atoms. The number of carbonyl (C=O) groups is 1. The molecule has 0 radical (unpaired) electrons. The van der Waals surface area contributed by atoms with E-state index >= 15 is 0 Å². The average Bonchev–Trinajstić information content (AvgIpc) is 2.86. The van der Waals surface area contributed by atoms with Gasteiger partial charge in [0.2, 0.25) is 5.91 Å². The van der Waals surface area contributed by atoms with Crippen molar-refractivity contribution in [3.8, 4) is 0 Å². The number of nitrogens with one attached hydrogen (secondary N) is 3. The standard InChI is InChI=1S/C10H19N3OS/c1-7(2)12-10(15)11-6-5-9(14)13-8-3-4-8/h7-8H,3-6H2,1-2H3,(H,13,14)(H2,11,12,15). The molecule has 0 saturated heterocycles. The maximum Gasteiger partial charge on any atom is 0.221 e. The molecule has 1 aliphatic carbocycles. The van der Waals surface area contributed by atoms with Gasteiger partial charge in [0.25, 0.3) is 0 Å². The van der Waals surface area contributed by atoms with E-state index in [0.29, 0.717) is 30.2 Å². The highest BCUT2D eigenvalue weighted by Crippen LogP contribution is 2.18. The van der Waals surface area contributed by atoms with Crippen LogP contribution in [0.2, 0.25) is 0 Å². The molecule has 86 valence electrons. The Morgan fingerprint density at radius 2 is 2.13 bits per heavy atom. The first-order chi connectivity index (χ1) is 7.08. The topological polar surface area (TPSA) is 53.2 Å². The summed E-state index contributed by atoms with van der Waals surface area (Å²) in [6.45, 7) is 4.64. The fraction of sp³-hybridized carbons (Fsp3) is 0.800. The molecule has 5 heteroatoms. The Labute approximate surface area is 96.2 Å². The van der Waals surface area contributed by atoms with Crippen LogP contribution in [0.1, 0.15) is 33.1 Å². The van der Waals surface area contributed by atoms with Crippen molar-refractivity contribution in [2.75, 3.05) is 6.54 Å². The van der Waals surface area contributed by atoms with E-state index < -0.39 is 0 Å². The maximum atomic E-state index is 11.3. The Morgan fingerprint density at radius 3 is 2.67 bits per heavy atom. The van der Waals surface area contributed by atoms with Gasteiger partial charge in [0.1, 0.15) is 0 Å². The summed E-state index contributed by atoms with van der Waals surface area (Å²) in [6, 6.07) is 0.767. The SMILES string of the molecule is CC(C)NC(=S)NCCC(=O)NC1CC1. The molecule has 3 N–H and O–H groups in total. The van der Waals surface area contributed by atoms with Crippen LogP contribution < -0.4 is 16.0 Å². The highest BCUT2D eigenvalue weighted by atomic mass is 32.1. The van der Waals surface area contributed by atoms with Crippen molar-refractivity contribution in [1.29, 1.82) is 0 Å². The third kappa shape index (κ3) is 6.28. The van der Waals surface area contributed by atoms with Gasteiger partial charge in [-0.1, -0.05) is 0 Å². The van der Waals surface area contributed by atoms with Gasteiger partial charge in [-0.25, -0.2) is 0 Å². The molecular formula is C10H19N3OS. The van der Waals surface area contributed by atoms with E-state index in [2.05, 4.69) is 16.0 Å². The zero-order valence-corrected chi connectivity index (χ0v) is 10.1. The summed E-state index contributed by atoms with van der Waals surface area (Å²) in [5.41, 5.74) is 0. The lowest BCUT2D eigenvalue weighted by Crippen LogP contribution is -2.40. The van der Waals surface area contributed by atoms with E-state index in [-0.39, 0.29) is 5.91 Å². The Balaban J connectivity index is 1.99. The van der Waals surface area contributed by atoms with E-state index in [9.17, 15) is 4.79 Å². The van der Waals surface area contributed by atoms with Crippen molar-refractivity contribution in [3.05, 3.63) is 0 Å². The zero-order chi connectivity index (χ0) is 11.3. The monoisotopic (exact) mass is 229 g/mol. The normalized spacial score (nSPS) is 14.9. The summed E-state index contributed by atoms with van der Waals surface area (Å²) in [4.78, 5) is 11.3. The lowest BCUT2D eigenvalue weighted by atomic mass is 10.4. The summed E-state index contributed by atoms with van der Waals surface area (Å²) in [6.07, 6.45) is 2.75. The third-order valence-corrected chi connectivity index (χ3v) is 2.26. The van der Waals surface area contributed by atoms with Gasteiger partial charge in [-0.2, -0.15) is 0 Å². The second-order valence-corrected chi connectivity index (χ2v) is 4.55. The quantitative estimate of drug-likeness (QED) is 0.602. The first-order valence-corrected chi connectivity index (χ1v) is 5.82. The van der Waals surface area contributed by atoms with Crippen molar-refractivity contribution in [3.63, 3.8) is 0 Å². The van der Waals surface area contributed by atoms with Crippen molar-refractivity contribution >= 4 is 23.2 Å². The third-order valence-electron chi connectivity index (χ3n) is 2.00. The molecule has 0 spiro atoms. The number of amides is 1. The van der Waals surface area contributed by atoms with Gasteiger partial charge >= 0.3 is 0 Å². The van der Waals surface area contributed by atoms with Gasteiger partial charge in [-0.05, 0) is 38.9 Å². The minimum atomic E-state index is 0.109. The van der Waals surface area contributed by atoms with E-state index in [1.807, 2.05) is 13.8 Å². The lowest BCUT2D eigenvalue weighted by Gasteiger charge is -2.12. The predicted octanol–water partition coefficient (Wildman–Crippen LogP) is 0.528. The molecule has 0 bridgehead atoms. The smallest absolute Gasteiger partial charge is 0.221 e. The van der Waals surface area contributed by atoms with Crippen LogP contribution >= 0.6 is 12.2 Å². The summed E-state index contributed by atoms with van der Waals surface area (Å²) in [7, 11) is 0. The molecule has 0 aromatic carbocycles.